The lowest BCUT2D eigenvalue weighted by molar-refractivity contribution is -0.534. The van der Waals surface area contributed by atoms with Gasteiger partial charge in [-0.05, 0) is 32.1 Å². The minimum atomic E-state index is -1.18. The molecule has 0 amide bonds. The first kappa shape index (κ1) is 26.9. The zero-order chi connectivity index (χ0) is 22.1. The van der Waals surface area contributed by atoms with Crippen LogP contribution in [0, 0.1) is 20.2 Å². The molecule has 0 aliphatic heterocycles. The number of allylic oxidation sites excluding steroid dienone is 1. The Balaban J connectivity index is 4.28. The van der Waals surface area contributed by atoms with Gasteiger partial charge in [0.25, 0.3) is 0 Å². The molecule has 2 N–H and O–H groups in total. The summed E-state index contributed by atoms with van der Waals surface area (Å²) in [6.07, 6.45) is 11.6. The zero-order valence-electron chi connectivity index (χ0n) is 17.0. The van der Waals surface area contributed by atoms with Gasteiger partial charge in [0.05, 0.1) is 0 Å². The van der Waals surface area contributed by atoms with Crippen LogP contribution < -0.4 is 0 Å². The molecule has 9 nitrogen and oxygen atoms in total. The van der Waals surface area contributed by atoms with Crippen molar-refractivity contribution in [2.75, 3.05) is 0 Å². The van der Waals surface area contributed by atoms with E-state index >= 15 is 0 Å². The number of aliphatic hydroxyl groups is 2. The minimum Gasteiger partial charge on any atom is -0.386 e. The molecule has 0 saturated carbocycles. The van der Waals surface area contributed by atoms with E-state index in [2.05, 4.69) is 0 Å². The summed E-state index contributed by atoms with van der Waals surface area (Å²) in [4.78, 5) is 31.0. The smallest absolute Gasteiger partial charge is 0.242 e. The molecule has 1 radical (unpaired) electrons. The summed E-state index contributed by atoms with van der Waals surface area (Å²) >= 11 is 0. The molecule has 0 aromatic heterocycles. The zero-order valence-corrected chi connectivity index (χ0v) is 17.0. The number of hydrogen-bond donors (Lipinski definition) is 2. The van der Waals surface area contributed by atoms with E-state index in [1.807, 2.05) is 12.4 Å². The molecule has 0 spiro atoms. The quantitative estimate of drug-likeness (QED) is 0.152. The second-order valence-corrected chi connectivity index (χ2v) is 7.00. The highest BCUT2D eigenvalue weighted by molar-refractivity contribution is 5.50. The lowest BCUT2D eigenvalue weighted by Crippen LogP contribution is -2.33. The maximum Gasteiger partial charge on any atom is 0.242 e. The standard InChI is InChI=1S/C20H33N2O7/c1-2-17(21(26)27)19(24)15-11-10-13-18(22(28)29)20(25)14-9-7-5-3-4-6-8-12-16-23/h7,9-11,17-20,24-25H,2-6,8,12-15H2,1H3/b9-7-,11-10-. The average molecular weight is 413 g/mol. The number of nitro groups is 2. The third-order valence-electron chi connectivity index (χ3n) is 4.71. The van der Waals surface area contributed by atoms with Crippen LogP contribution in [0.4, 0.5) is 0 Å². The Morgan fingerprint density at radius 3 is 1.90 bits per heavy atom. The molecule has 0 bridgehead atoms. The molecule has 4 atom stereocenters. The summed E-state index contributed by atoms with van der Waals surface area (Å²) in [6, 6.07) is -2.24. The van der Waals surface area contributed by atoms with Gasteiger partial charge in [-0.1, -0.05) is 44.1 Å². The topological polar surface area (TPSA) is 144 Å². The third-order valence-corrected chi connectivity index (χ3v) is 4.71. The fourth-order valence-electron chi connectivity index (χ4n) is 2.90. The van der Waals surface area contributed by atoms with Crippen molar-refractivity contribution in [2.45, 2.75) is 95.4 Å². The number of aliphatic hydroxyl groups excluding tert-OH is 2. The molecule has 4 unspecified atom stereocenters. The molecular formula is C20H33N2O7. The summed E-state index contributed by atoms with van der Waals surface area (Å²) in [5, 5.41) is 41.9. The number of nitrogens with zero attached hydrogens (tertiary/aromatic N) is 2. The Hall–Kier alpha value is -2.13. The molecule has 0 heterocycles. The molecule has 0 saturated heterocycles. The van der Waals surface area contributed by atoms with Crippen LogP contribution in [0.3, 0.4) is 0 Å². The SMILES string of the molecule is CCC(C(O)C/C=C\CC(C(O)C/C=C\CCCCCC[C]=O)[N+](=O)[O-])[N+](=O)[O-]. The van der Waals surface area contributed by atoms with Crippen LogP contribution in [-0.4, -0.2) is 50.6 Å². The van der Waals surface area contributed by atoms with Crippen molar-refractivity contribution in [1.29, 1.82) is 0 Å². The van der Waals surface area contributed by atoms with Crippen LogP contribution in [0.1, 0.15) is 71.1 Å². The van der Waals surface area contributed by atoms with Gasteiger partial charge in [0.2, 0.25) is 12.1 Å². The summed E-state index contributed by atoms with van der Waals surface area (Å²) in [5.41, 5.74) is 0. The van der Waals surface area contributed by atoms with Crippen molar-refractivity contribution in [3.8, 4) is 0 Å². The normalized spacial score (nSPS) is 16.0. The van der Waals surface area contributed by atoms with E-state index in [1.54, 1.807) is 13.0 Å². The molecule has 0 aromatic carbocycles. The van der Waals surface area contributed by atoms with Crippen molar-refractivity contribution in [1.82, 2.24) is 0 Å². The largest absolute Gasteiger partial charge is 0.386 e. The van der Waals surface area contributed by atoms with Gasteiger partial charge in [0, 0.05) is 29.1 Å². The summed E-state index contributed by atoms with van der Waals surface area (Å²) < 4.78 is 0. The first-order valence-corrected chi connectivity index (χ1v) is 10.1. The molecule has 29 heavy (non-hydrogen) atoms. The van der Waals surface area contributed by atoms with E-state index in [0.717, 1.165) is 32.1 Å². The summed E-state index contributed by atoms with van der Waals surface area (Å²) in [7, 11) is 0. The van der Waals surface area contributed by atoms with Gasteiger partial charge in [0.15, 0.2) is 6.29 Å². The molecule has 165 valence electrons. The molecule has 0 fully saturated rings. The highest BCUT2D eigenvalue weighted by Crippen LogP contribution is 2.12. The fraction of sp³-hybridized carbons (Fsp3) is 0.750. The van der Waals surface area contributed by atoms with Gasteiger partial charge < -0.3 is 10.2 Å². The molecule has 0 aliphatic carbocycles. The van der Waals surface area contributed by atoms with Crippen molar-refractivity contribution in [3.63, 3.8) is 0 Å². The van der Waals surface area contributed by atoms with Crippen LogP contribution >= 0.6 is 0 Å². The van der Waals surface area contributed by atoms with E-state index in [9.17, 15) is 35.2 Å². The maximum atomic E-state index is 11.2. The van der Waals surface area contributed by atoms with Crippen LogP contribution in [0.25, 0.3) is 0 Å². The third kappa shape index (κ3) is 12.8. The van der Waals surface area contributed by atoms with Crippen LogP contribution in [0.2, 0.25) is 0 Å². The van der Waals surface area contributed by atoms with Crippen LogP contribution in [0.5, 0.6) is 0 Å². The van der Waals surface area contributed by atoms with E-state index in [1.165, 1.54) is 12.2 Å². The first-order valence-electron chi connectivity index (χ1n) is 10.1. The summed E-state index contributed by atoms with van der Waals surface area (Å²) in [6.45, 7) is 1.61. The van der Waals surface area contributed by atoms with Gasteiger partial charge in [-0.25, -0.2) is 0 Å². The van der Waals surface area contributed by atoms with Crippen molar-refractivity contribution in [3.05, 3.63) is 44.5 Å². The molecule has 0 rings (SSSR count). The van der Waals surface area contributed by atoms with E-state index in [-0.39, 0.29) is 25.7 Å². The molecular weight excluding hydrogens is 380 g/mol. The summed E-state index contributed by atoms with van der Waals surface area (Å²) in [5.74, 6) is 0. The van der Waals surface area contributed by atoms with Gasteiger partial charge in [0.1, 0.15) is 12.2 Å². The number of rotatable bonds is 18. The van der Waals surface area contributed by atoms with Gasteiger partial charge >= 0.3 is 0 Å². The van der Waals surface area contributed by atoms with E-state index < -0.39 is 34.1 Å². The van der Waals surface area contributed by atoms with Crippen LogP contribution in [0.15, 0.2) is 24.3 Å². The lowest BCUT2D eigenvalue weighted by Gasteiger charge is -2.14. The maximum absolute atomic E-state index is 11.2. The number of hydrogen-bond acceptors (Lipinski definition) is 7. The van der Waals surface area contributed by atoms with Crippen molar-refractivity contribution < 1.29 is 24.9 Å². The minimum absolute atomic E-state index is 0.0161. The Kier molecular flexibility index (Phi) is 15.6. The fourth-order valence-corrected chi connectivity index (χ4v) is 2.90. The number of unbranched alkanes of at least 4 members (excludes halogenated alkanes) is 5. The predicted octanol–water partition coefficient (Wildman–Crippen LogP) is 3.14. The Morgan fingerprint density at radius 1 is 0.828 bits per heavy atom. The van der Waals surface area contributed by atoms with Gasteiger partial charge in [-0.2, -0.15) is 0 Å². The molecule has 9 heteroatoms. The second-order valence-electron chi connectivity index (χ2n) is 7.00. The second kappa shape index (κ2) is 16.8. The molecule has 0 aliphatic rings. The highest BCUT2D eigenvalue weighted by Gasteiger charge is 2.28. The first-order chi connectivity index (χ1) is 13.8. The van der Waals surface area contributed by atoms with Gasteiger partial charge in [-0.3, -0.25) is 25.0 Å². The van der Waals surface area contributed by atoms with Gasteiger partial charge in [-0.15, -0.1) is 0 Å². The van der Waals surface area contributed by atoms with Crippen LogP contribution in [-0.2, 0) is 4.79 Å². The lowest BCUT2D eigenvalue weighted by atomic mass is 10.0. The molecule has 0 aromatic rings. The number of carbonyl (C=O) groups excluding carboxylic acids is 1. The highest BCUT2D eigenvalue weighted by atomic mass is 16.6. The Labute approximate surface area is 171 Å². The monoisotopic (exact) mass is 413 g/mol. The average Bonchev–Trinajstić information content (AvgIpc) is 2.66. The van der Waals surface area contributed by atoms with E-state index in [0.29, 0.717) is 6.42 Å². The predicted molar refractivity (Wildman–Crippen MR) is 109 cm³/mol. The van der Waals surface area contributed by atoms with E-state index in [4.69, 9.17) is 0 Å². The van der Waals surface area contributed by atoms with Crippen molar-refractivity contribution in [2.24, 2.45) is 0 Å². The Morgan fingerprint density at radius 2 is 1.34 bits per heavy atom. The Bertz CT molecular complexity index is 537. The van der Waals surface area contributed by atoms with Crippen molar-refractivity contribution >= 4 is 6.29 Å².